The summed E-state index contributed by atoms with van der Waals surface area (Å²) in [7, 11) is 0. The number of carbonyl (C=O) groups excluding carboxylic acids is 1. The maximum atomic E-state index is 12.7. The lowest BCUT2D eigenvalue weighted by Gasteiger charge is -2.11. The van der Waals surface area contributed by atoms with Gasteiger partial charge in [-0.1, -0.05) is 18.2 Å². The number of aromatic nitrogens is 3. The van der Waals surface area contributed by atoms with Crippen molar-refractivity contribution in [1.29, 1.82) is 0 Å². The topological polar surface area (TPSA) is 81.0 Å². The Labute approximate surface area is 167 Å². The molecule has 2 aromatic heterocycles. The monoisotopic (exact) mass is 387 g/mol. The summed E-state index contributed by atoms with van der Waals surface area (Å²) in [5.41, 5.74) is 5.06. The van der Waals surface area contributed by atoms with Gasteiger partial charge in [-0.05, 0) is 68.5 Å². The van der Waals surface area contributed by atoms with Gasteiger partial charge in [0.1, 0.15) is 0 Å². The third-order valence-electron chi connectivity index (χ3n) is 5.43. The summed E-state index contributed by atoms with van der Waals surface area (Å²) >= 11 is 0. The molecular formula is C23H21N3O3. The molecule has 0 fully saturated rings. The lowest BCUT2D eigenvalue weighted by Crippen LogP contribution is -2.09. The molecule has 0 aliphatic heterocycles. The molecule has 5 rings (SSSR count). The number of H-pyrrole nitrogens is 1. The van der Waals surface area contributed by atoms with Crippen molar-refractivity contribution in [2.24, 2.45) is 0 Å². The van der Waals surface area contributed by atoms with Gasteiger partial charge in [0.15, 0.2) is 6.10 Å². The molecule has 6 nitrogen and oxygen atoms in total. The average molecular weight is 387 g/mol. The van der Waals surface area contributed by atoms with Gasteiger partial charge in [-0.2, -0.15) is 0 Å². The zero-order valence-electron chi connectivity index (χ0n) is 16.1. The van der Waals surface area contributed by atoms with Gasteiger partial charge in [-0.25, -0.2) is 4.79 Å². The van der Waals surface area contributed by atoms with Crippen molar-refractivity contribution in [3.8, 4) is 11.5 Å². The second-order valence-corrected chi connectivity index (χ2v) is 7.41. The van der Waals surface area contributed by atoms with Gasteiger partial charge >= 0.3 is 5.97 Å². The number of rotatable bonds is 4. The number of benzene rings is 2. The van der Waals surface area contributed by atoms with Crippen LogP contribution in [-0.2, 0) is 17.6 Å². The summed E-state index contributed by atoms with van der Waals surface area (Å²) in [6, 6.07) is 15.2. The summed E-state index contributed by atoms with van der Waals surface area (Å²) in [6.45, 7) is 1.73. The van der Waals surface area contributed by atoms with Crippen LogP contribution in [-0.4, -0.2) is 21.2 Å². The minimum absolute atomic E-state index is 0.275. The van der Waals surface area contributed by atoms with Crippen LogP contribution in [0.5, 0.6) is 0 Å². The van der Waals surface area contributed by atoms with Gasteiger partial charge in [-0.15, -0.1) is 10.2 Å². The Morgan fingerprint density at radius 2 is 1.93 bits per heavy atom. The minimum Gasteiger partial charge on any atom is -0.449 e. The van der Waals surface area contributed by atoms with E-state index in [-0.39, 0.29) is 5.89 Å². The van der Waals surface area contributed by atoms with Crippen LogP contribution in [0.3, 0.4) is 0 Å². The molecular weight excluding hydrogens is 366 g/mol. The number of esters is 1. The lowest BCUT2D eigenvalue weighted by atomic mass is 9.95. The van der Waals surface area contributed by atoms with E-state index in [2.05, 4.69) is 15.2 Å². The van der Waals surface area contributed by atoms with Crippen LogP contribution in [0.25, 0.3) is 22.4 Å². The molecule has 2 aromatic carbocycles. The second kappa shape index (κ2) is 7.20. The third-order valence-corrected chi connectivity index (χ3v) is 5.43. The first-order valence-electron chi connectivity index (χ1n) is 9.92. The second-order valence-electron chi connectivity index (χ2n) is 7.41. The number of aromatic amines is 1. The van der Waals surface area contributed by atoms with Gasteiger partial charge in [0.25, 0.3) is 5.89 Å². The highest BCUT2D eigenvalue weighted by atomic mass is 16.6. The summed E-state index contributed by atoms with van der Waals surface area (Å²) in [5.74, 6) is 0.283. The van der Waals surface area contributed by atoms with Gasteiger partial charge in [0.05, 0.1) is 5.56 Å². The summed E-state index contributed by atoms with van der Waals surface area (Å²) in [5, 5.41) is 9.21. The largest absolute Gasteiger partial charge is 0.449 e. The molecule has 0 bridgehead atoms. The maximum Gasteiger partial charge on any atom is 0.338 e. The Morgan fingerprint density at radius 1 is 1.10 bits per heavy atom. The molecule has 0 amide bonds. The zero-order valence-corrected chi connectivity index (χ0v) is 16.1. The lowest BCUT2D eigenvalue weighted by molar-refractivity contribution is 0.0280. The van der Waals surface area contributed by atoms with E-state index in [0.29, 0.717) is 11.5 Å². The number of nitrogens with zero attached hydrogens (tertiary/aromatic N) is 2. The Balaban J connectivity index is 1.35. The minimum atomic E-state index is -0.636. The molecule has 4 aromatic rings. The van der Waals surface area contributed by atoms with Crippen molar-refractivity contribution in [3.05, 3.63) is 71.2 Å². The molecule has 1 aliphatic rings. The fourth-order valence-corrected chi connectivity index (χ4v) is 3.91. The van der Waals surface area contributed by atoms with Crippen molar-refractivity contribution < 1.29 is 13.9 Å². The first kappa shape index (κ1) is 17.7. The Kier molecular flexibility index (Phi) is 4.39. The normalized spacial score (nSPS) is 14.5. The van der Waals surface area contributed by atoms with Crippen LogP contribution in [0.4, 0.5) is 0 Å². The molecule has 6 heteroatoms. The van der Waals surface area contributed by atoms with Crippen molar-refractivity contribution in [2.45, 2.75) is 38.7 Å². The van der Waals surface area contributed by atoms with Gasteiger partial charge in [-0.3, -0.25) is 0 Å². The smallest absolute Gasteiger partial charge is 0.338 e. The van der Waals surface area contributed by atoms with Crippen LogP contribution in [0.15, 0.2) is 52.9 Å². The highest BCUT2D eigenvalue weighted by Gasteiger charge is 2.21. The molecule has 1 atom stereocenters. The van der Waals surface area contributed by atoms with Gasteiger partial charge in [0.2, 0.25) is 5.89 Å². The van der Waals surface area contributed by atoms with Crippen LogP contribution in [0.1, 0.15) is 53.4 Å². The van der Waals surface area contributed by atoms with Crippen molar-refractivity contribution in [1.82, 2.24) is 15.2 Å². The molecule has 0 saturated carbocycles. The summed E-state index contributed by atoms with van der Waals surface area (Å²) in [6.07, 6.45) is 3.88. The maximum absolute atomic E-state index is 12.7. The van der Waals surface area contributed by atoms with E-state index < -0.39 is 12.1 Å². The first-order valence-corrected chi connectivity index (χ1v) is 9.92. The summed E-state index contributed by atoms with van der Waals surface area (Å²) < 4.78 is 11.3. The number of carbonyl (C=O) groups is 1. The van der Waals surface area contributed by atoms with Gasteiger partial charge in [0, 0.05) is 22.2 Å². The van der Waals surface area contributed by atoms with Crippen molar-refractivity contribution >= 4 is 16.9 Å². The van der Waals surface area contributed by atoms with Crippen molar-refractivity contribution in [2.75, 3.05) is 0 Å². The highest BCUT2D eigenvalue weighted by Crippen LogP contribution is 2.30. The van der Waals surface area contributed by atoms with Crippen LogP contribution < -0.4 is 0 Å². The molecule has 1 aliphatic carbocycles. The Bertz CT molecular complexity index is 1180. The summed E-state index contributed by atoms with van der Waals surface area (Å²) in [4.78, 5) is 16.2. The van der Waals surface area contributed by atoms with Gasteiger partial charge < -0.3 is 14.1 Å². The number of ether oxygens (including phenoxy) is 1. The molecule has 29 heavy (non-hydrogen) atoms. The number of hydrogen-bond acceptors (Lipinski definition) is 5. The van der Waals surface area contributed by atoms with E-state index in [9.17, 15) is 4.79 Å². The van der Waals surface area contributed by atoms with E-state index >= 15 is 0 Å². The standard InChI is InChI=1S/C23H21N3O3/c1-14(21-25-26-22(29-21)15-7-3-2-4-8-15)28-23(27)16-11-12-20-18(13-16)17-9-5-6-10-19(17)24-20/h2-4,7-8,11-14,24H,5-6,9-10H2,1H3/t14-/m0/s1. The fraction of sp³-hybridized carbons (Fsp3) is 0.261. The van der Waals surface area contributed by atoms with E-state index in [1.165, 1.54) is 24.1 Å². The number of hydrogen-bond donors (Lipinski definition) is 1. The predicted molar refractivity (Wildman–Crippen MR) is 109 cm³/mol. The number of aryl methyl sites for hydroxylation is 2. The van der Waals surface area contributed by atoms with E-state index in [4.69, 9.17) is 9.15 Å². The fourth-order valence-electron chi connectivity index (χ4n) is 3.91. The average Bonchev–Trinajstić information content (AvgIpc) is 3.39. The van der Waals surface area contributed by atoms with Crippen molar-refractivity contribution in [3.63, 3.8) is 0 Å². The number of fused-ring (bicyclic) bond motifs is 3. The zero-order chi connectivity index (χ0) is 19.8. The van der Waals surface area contributed by atoms with Crippen LogP contribution in [0, 0.1) is 0 Å². The van der Waals surface area contributed by atoms with Crippen LogP contribution >= 0.6 is 0 Å². The quantitative estimate of drug-likeness (QED) is 0.498. The molecule has 0 saturated heterocycles. The molecule has 0 spiro atoms. The molecule has 2 heterocycles. The SMILES string of the molecule is C[C@H](OC(=O)c1ccc2[nH]c3c(c2c1)CCCC3)c1nnc(-c2ccccc2)o1. The first-order chi connectivity index (χ1) is 14.2. The van der Waals surface area contributed by atoms with E-state index in [1.807, 2.05) is 42.5 Å². The highest BCUT2D eigenvalue weighted by molar-refractivity contribution is 5.96. The molecule has 0 unspecified atom stereocenters. The number of nitrogens with one attached hydrogen (secondary N) is 1. The third kappa shape index (κ3) is 3.31. The Hall–Kier alpha value is -3.41. The van der Waals surface area contributed by atoms with E-state index in [0.717, 1.165) is 29.3 Å². The molecule has 1 N–H and O–H groups in total. The van der Waals surface area contributed by atoms with E-state index in [1.54, 1.807) is 13.0 Å². The molecule has 146 valence electrons. The predicted octanol–water partition coefficient (Wildman–Crippen LogP) is 5.01. The molecule has 0 radical (unpaired) electrons. The Morgan fingerprint density at radius 3 is 2.79 bits per heavy atom. The van der Waals surface area contributed by atoms with Crippen LogP contribution in [0.2, 0.25) is 0 Å².